The second kappa shape index (κ2) is 4.86. The lowest BCUT2D eigenvalue weighted by Gasteiger charge is -2.02. The molecule has 0 aliphatic rings. The Morgan fingerprint density at radius 1 is 1.05 bits per heavy atom. The Kier molecular flexibility index (Phi) is 2.86. The fraction of sp³-hybridized carbons (Fsp3) is 0. The smallest absolute Gasteiger partial charge is 0.163 e. The highest BCUT2D eigenvalue weighted by Crippen LogP contribution is 2.27. The van der Waals surface area contributed by atoms with Gasteiger partial charge < -0.3 is 4.42 Å². The predicted octanol–water partition coefficient (Wildman–Crippen LogP) is 4.42. The average Bonchev–Trinajstić information content (AvgIpc) is 3.17. The molecule has 0 aliphatic heterocycles. The zero-order chi connectivity index (χ0) is 14.2. The van der Waals surface area contributed by atoms with Crippen LogP contribution in [0.3, 0.4) is 0 Å². The van der Waals surface area contributed by atoms with Gasteiger partial charge in [-0.1, -0.05) is 28.1 Å². The van der Waals surface area contributed by atoms with E-state index in [2.05, 4.69) is 26.0 Å². The quantitative estimate of drug-likeness (QED) is 0.543. The molecule has 0 spiro atoms. The van der Waals surface area contributed by atoms with Crippen molar-refractivity contribution in [1.29, 1.82) is 0 Å². The van der Waals surface area contributed by atoms with Gasteiger partial charge in [0.05, 0.1) is 12.5 Å². The number of aromatic nitrogens is 3. The highest BCUT2D eigenvalue weighted by molar-refractivity contribution is 9.10. The number of hydrogen-bond acceptors (Lipinski definition) is 3. The van der Waals surface area contributed by atoms with Gasteiger partial charge in [-0.25, -0.2) is 9.50 Å². The molecule has 0 bridgehead atoms. The van der Waals surface area contributed by atoms with E-state index in [-0.39, 0.29) is 0 Å². The third kappa shape index (κ3) is 2.06. The zero-order valence-electron chi connectivity index (χ0n) is 10.9. The second-order valence-electron chi connectivity index (χ2n) is 4.61. The fourth-order valence-corrected chi connectivity index (χ4v) is 2.60. The molecule has 4 aromatic rings. The Balaban J connectivity index is 1.93. The summed E-state index contributed by atoms with van der Waals surface area (Å²) in [6, 6.07) is 13.8. The summed E-state index contributed by atoms with van der Waals surface area (Å²) >= 11 is 3.45. The molecule has 0 aliphatic carbocycles. The molecule has 5 heteroatoms. The molecule has 0 radical (unpaired) electrons. The van der Waals surface area contributed by atoms with Crippen LogP contribution in [0.1, 0.15) is 0 Å². The summed E-state index contributed by atoms with van der Waals surface area (Å²) in [7, 11) is 0. The molecule has 4 rings (SSSR count). The van der Waals surface area contributed by atoms with Crippen molar-refractivity contribution in [1.82, 2.24) is 14.6 Å². The van der Waals surface area contributed by atoms with Gasteiger partial charge in [0.2, 0.25) is 0 Å². The monoisotopic (exact) mass is 339 g/mol. The van der Waals surface area contributed by atoms with E-state index in [9.17, 15) is 0 Å². The molecule has 0 fully saturated rings. The maximum absolute atomic E-state index is 5.46. The first-order chi connectivity index (χ1) is 10.3. The van der Waals surface area contributed by atoms with Gasteiger partial charge in [0, 0.05) is 16.2 Å². The van der Waals surface area contributed by atoms with Gasteiger partial charge in [0.15, 0.2) is 11.4 Å². The van der Waals surface area contributed by atoms with E-state index in [4.69, 9.17) is 4.42 Å². The van der Waals surface area contributed by atoms with Crippen molar-refractivity contribution in [3.05, 3.63) is 65.6 Å². The first-order valence-electron chi connectivity index (χ1n) is 6.45. The Hall–Kier alpha value is -2.40. The van der Waals surface area contributed by atoms with Gasteiger partial charge in [-0.2, -0.15) is 5.10 Å². The summed E-state index contributed by atoms with van der Waals surface area (Å²) in [6.07, 6.45) is 5.26. The van der Waals surface area contributed by atoms with E-state index < -0.39 is 0 Å². The summed E-state index contributed by atoms with van der Waals surface area (Å²) in [5.41, 5.74) is 3.77. The number of hydrogen-bond donors (Lipinski definition) is 0. The van der Waals surface area contributed by atoms with E-state index in [1.807, 2.05) is 48.7 Å². The summed E-state index contributed by atoms with van der Waals surface area (Å²) < 4.78 is 8.31. The van der Waals surface area contributed by atoms with Crippen molar-refractivity contribution in [3.63, 3.8) is 0 Å². The van der Waals surface area contributed by atoms with Crippen LogP contribution >= 0.6 is 15.9 Å². The average molecular weight is 340 g/mol. The first kappa shape index (κ1) is 12.3. The Labute approximate surface area is 129 Å². The topological polar surface area (TPSA) is 43.3 Å². The van der Waals surface area contributed by atoms with E-state index >= 15 is 0 Å². The maximum Gasteiger partial charge on any atom is 0.163 e. The van der Waals surface area contributed by atoms with E-state index in [1.54, 1.807) is 17.0 Å². The van der Waals surface area contributed by atoms with Crippen molar-refractivity contribution in [2.45, 2.75) is 0 Å². The lowest BCUT2D eigenvalue weighted by molar-refractivity contribution is 0.577. The molecule has 4 nitrogen and oxygen atoms in total. The molecule has 3 heterocycles. The van der Waals surface area contributed by atoms with Crippen molar-refractivity contribution in [2.75, 3.05) is 0 Å². The first-order valence-corrected chi connectivity index (χ1v) is 7.25. The molecule has 102 valence electrons. The predicted molar refractivity (Wildman–Crippen MR) is 83.8 cm³/mol. The second-order valence-corrected chi connectivity index (χ2v) is 5.52. The summed E-state index contributed by atoms with van der Waals surface area (Å²) in [4.78, 5) is 4.46. The summed E-state index contributed by atoms with van der Waals surface area (Å²) in [5, 5.41) is 4.46. The highest BCUT2D eigenvalue weighted by atomic mass is 79.9. The molecular weight excluding hydrogens is 330 g/mol. The largest absolute Gasteiger partial charge is 0.463 e. The minimum atomic E-state index is 0.771. The summed E-state index contributed by atoms with van der Waals surface area (Å²) in [6.45, 7) is 0. The zero-order valence-corrected chi connectivity index (χ0v) is 12.5. The molecule has 1 aromatic carbocycles. The van der Waals surface area contributed by atoms with Crippen molar-refractivity contribution >= 4 is 21.6 Å². The molecule has 0 saturated heterocycles. The van der Waals surface area contributed by atoms with Crippen LogP contribution in [0.4, 0.5) is 0 Å². The number of fused-ring (bicyclic) bond motifs is 1. The number of benzene rings is 1. The molecular formula is C16H10BrN3O. The molecule has 0 unspecified atom stereocenters. The van der Waals surface area contributed by atoms with Crippen LogP contribution in [-0.4, -0.2) is 14.6 Å². The van der Waals surface area contributed by atoms with Crippen molar-refractivity contribution < 1.29 is 4.42 Å². The van der Waals surface area contributed by atoms with Crippen molar-refractivity contribution in [3.8, 4) is 22.6 Å². The molecule has 0 amide bonds. The van der Waals surface area contributed by atoms with E-state index in [0.29, 0.717) is 0 Å². The lowest BCUT2D eigenvalue weighted by atomic mass is 10.1. The minimum absolute atomic E-state index is 0.771. The van der Waals surface area contributed by atoms with Gasteiger partial charge in [0.1, 0.15) is 5.69 Å². The van der Waals surface area contributed by atoms with Crippen LogP contribution in [0.15, 0.2) is 70.0 Å². The fourth-order valence-electron chi connectivity index (χ4n) is 2.34. The van der Waals surface area contributed by atoms with Crippen molar-refractivity contribution in [2.24, 2.45) is 0 Å². The molecule has 0 N–H and O–H groups in total. The standard InChI is InChI=1S/C16H10BrN3O/c17-12-5-3-11(4-6-12)13-10-19-20-14(7-8-18-16(13)20)15-2-1-9-21-15/h1-10H. The number of rotatable bonds is 2. The van der Waals surface area contributed by atoms with Gasteiger partial charge in [-0.15, -0.1) is 0 Å². The van der Waals surface area contributed by atoms with E-state index in [0.717, 1.165) is 32.7 Å². The van der Waals surface area contributed by atoms with Gasteiger partial charge in [0.25, 0.3) is 0 Å². The Morgan fingerprint density at radius 2 is 1.90 bits per heavy atom. The molecule has 0 saturated carbocycles. The highest BCUT2D eigenvalue weighted by Gasteiger charge is 2.12. The normalized spacial score (nSPS) is 11.1. The third-order valence-electron chi connectivity index (χ3n) is 3.33. The Bertz CT molecular complexity index is 895. The van der Waals surface area contributed by atoms with Gasteiger partial charge in [-0.05, 0) is 35.9 Å². The minimum Gasteiger partial charge on any atom is -0.463 e. The Morgan fingerprint density at radius 3 is 2.67 bits per heavy atom. The maximum atomic E-state index is 5.46. The number of halogens is 1. The van der Waals surface area contributed by atoms with Crippen LogP contribution in [0.2, 0.25) is 0 Å². The van der Waals surface area contributed by atoms with Crippen LogP contribution < -0.4 is 0 Å². The van der Waals surface area contributed by atoms with Gasteiger partial charge >= 0.3 is 0 Å². The van der Waals surface area contributed by atoms with Crippen LogP contribution in [0.5, 0.6) is 0 Å². The molecule has 3 aromatic heterocycles. The molecule has 0 atom stereocenters. The van der Waals surface area contributed by atoms with Crippen LogP contribution in [0.25, 0.3) is 28.2 Å². The third-order valence-corrected chi connectivity index (χ3v) is 3.86. The summed E-state index contributed by atoms with van der Waals surface area (Å²) in [5.74, 6) is 0.771. The molecule has 21 heavy (non-hydrogen) atoms. The number of furan rings is 1. The SMILES string of the molecule is Brc1ccc(-c2cnn3c(-c4ccco4)ccnc23)cc1. The van der Waals surface area contributed by atoms with Gasteiger partial charge in [-0.3, -0.25) is 0 Å². The van der Waals surface area contributed by atoms with Crippen LogP contribution in [-0.2, 0) is 0 Å². The number of nitrogens with zero attached hydrogens (tertiary/aromatic N) is 3. The lowest BCUT2D eigenvalue weighted by Crippen LogP contribution is -1.94. The van der Waals surface area contributed by atoms with E-state index in [1.165, 1.54) is 0 Å². The van der Waals surface area contributed by atoms with Crippen LogP contribution in [0, 0.1) is 0 Å².